The molecule has 1 heterocycles. The Bertz CT molecular complexity index is 938. The predicted octanol–water partition coefficient (Wildman–Crippen LogP) is 7.45. The zero-order valence-electron chi connectivity index (χ0n) is 15.9. The standard InChI is InChI=1S/C22H21ClF3NOS/c1-2-3-7-19-20(12-13-28-18-6-4-5-17(23)14-18)29-21(27-19)15-8-10-16(11-9-15)22(24,25)26/h4-6,8-11,14H,2-3,7,12-13H2,1H3. The highest BCUT2D eigenvalue weighted by Gasteiger charge is 2.30. The third-order valence-electron chi connectivity index (χ3n) is 4.40. The zero-order valence-corrected chi connectivity index (χ0v) is 17.5. The SMILES string of the molecule is CCCCc1nc(-c2ccc(C(F)(F)F)cc2)sc1CCOc1cccc(Cl)c1. The quantitative estimate of drug-likeness (QED) is 0.363. The summed E-state index contributed by atoms with van der Waals surface area (Å²) >= 11 is 7.49. The molecule has 2 nitrogen and oxygen atoms in total. The molecular weight excluding hydrogens is 419 g/mol. The third-order valence-corrected chi connectivity index (χ3v) is 5.84. The van der Waals surface area contributed by atoms with Crippen molar-refractivity contribution in [2.75, 3.05) is 6.61 Å². The second-order valence-corrected chi connectivity index (χ2v) is 8.14. The van der Waals surface area contributed by atoms with Crippen molar-refractivity contribution in [1.82, 2.24) is 4.98 Å². The van der Waals surface area contributed by atoms with E-state index in [0.717, 1.165) is 47.0 Å². The van der Waals surface area contributed by atoms with Crippen LogP contribution in [0.1, 0.15) is 35.9 Å². The van der Waals surface area contributed by atoms with Crippen molar-refractivity contribution in [3.8, 4) is 16.3 Å². The van der Waals surface area contributed by atoms with Gasteiger partial charge in [-0.2, -0.15) is 13.2 Å². The van der Waals surface area contributed by atoms with E-state index < -0.39 is 11.7 Å². The van der Waals surface area contributed by atoms with E-state index in [0.29, 0.717) is 29.4 Å². The van der Waals surface area contributed by atoms with Gasteiger partial charge in [0.25, 0.3) is 0 Å². The van der Waals surface area contributed by atoms with Gasteiger partial charge in [-0.25, -0.2) is 4.98 Å². The molecule has 154 valence electrons. The van der Waals surface area contributed by atoms with Crippen molar-refractivity contribution >= 4 is 22.9 Å². The van der Waals surface area contributed by atoms with E-state index >= 15 is 0 Å². The van der Waals surface area contributed by atoms with Crippen LogP contribution in [0, 0.1) is 0 Å². The molecule has 0 aliphatic rings. The number of nitrogens with zero attached hydrogens (tertiary/aromatic N) is 1. The van der Waals surface area contributed by atoms with E-state index in [-0.39, 0.29) is 0 Å². The van der Waals surface area contributed by atoms with Crippen molar-refractivity contribution in [3.63, 3.8) is 0 Å². The number of alkyl halides is 3. The molecular formula is C22H21ClF3NOS. The fourth-order valence-electron chi connectivity index (χ4n) is 2.86. The zero-order chi connectivity index (χ0) is 20.9. The van der Waals surface area contributed by atoms with E-state index in [4.69, 9.17) is 21.3 Å². The van der Waals surface area contributed by atoms with Crippen molar-refractivity contribution in [3.05, 3.63) is 69.7 Å². The number of unbranched alkanes of at least 4 members (excludes halogenated alkanes) is 1. The second-order valence-electron chi connectivity index (χ2n) is 6.62. The minimum atomic E-state index is -4.34. The number of benzene rings is 2. The second kappa shape index (κ2) is 9.63. The highest BCUT2D eigenvalue weighted by Crippen LogP contribution is 2.33. The van der Waals surface area contributed by atoms with Gasteiger partial charge in [-0.3, -0.25) is 0 Å². The summed E-state index contributed by atoms with van der Waals surface area (Å²) < 4.78 is 44.2. The van der Waals surface area contributed by atoms with Gasteiger partial charge < -0.3 is 4.74 Å². The molecule has 1 aromatic heterocycles. The Kier molecular flexibility index (Phi) is 7.19. The molecule has 3 aromatic rings. The molecule has 0 radical (unpaired) electrons. The monoisotopic (exact) mass is 439 g/mol. The van der Waals surface area contributed by atoms with Gasteiger partial charge in [0, 0.05) is 21.9 Å². The Morgan fingerprint density at radius 3 is 2.48 bits per heavy atom. The van der Waals surface area contributed by atoms with Gasteiger partial charge in [-0.15, -0.1) is 11.3 Å². The van der Waals surface area contributed by atoms with E-state index in [1.165, 1.54) is 23.5 Å². The Morgan fingerprint density at radius 1 is 1.07 bits per heavy atom. The number of aromatic nitrogens is 1. The number of aryl methyl sites for hydroxylation is 1. The molecule has 0 saturated heterocycles. The van der Waals surface area contributed by atoms with Crippen LogP contribution >= 0.6 is 22.9 Å². The summed E-state index contributed by atoms with van der Waals surface area (Å²) in [4.78, 5) is 5.82. The molecule has 7 heteroatoms. The molecule has 29 heavy (non-hydrogen) atoms. The summed E-state index contributed by atoms with van der Waals surface area (Å²) in [6.45, 7) is 2.60. The molecule has 2 aromatic carbocycles. The van der Waals surface area contributed by atoms with Crippen molar-refractivity contribution in [2.45, 2.75) is 38.8 Å². The lowest BCUT2D eigenvalue weighted by atomic mass is 10.1. The third kappa shape index (κ3) is 5.97. The van der Waals surface area contributed by atoms with Gasteiger partial charge >= 0.3 is 6.18 Å². The van der Waals surface area contributed by atoms with Crippen LogP contribution in [-0.4, -0.2) is 11.6 Å². The minimum absolute atomic E-state index is 0.480. The van der Waals surface area contributed by atoms with Crippen LogP contribution in [0.4, 0.5) is 13.2 Å². The highest BCUT2D eigenvalue weighted by molar-refractivity contribution is 7.15. The summed E-state index contributed by atoms with van der Waals surface area (Å²) in [7, 11) is 0. The summed E-state index contributed by atoms with van der Waals surface area (Å²) in [5.41, 5.74) is 1.04. The van der Waals surface area contributed by atoms with Crippen LogP contribution in [0.2, 0.25) is 5.02 Å². The van der Waals surface area contributed by atoms with Crippen molar-refractivity contribution < 1.29 is 17.9 Å². The average molecular weight is 440 g/mol. The highest BCUT2D eigenvalue weighted by atomic mass is 35.5. The Morgan fingerprint density at radius 2 is 1.83 bits per heavy atom. The first kappa shape index (κ1) is 21.7. The first-order chi connectivity index (χ1) is 13.9. The van der Waals surface area contributed by atoms with Crippen LogP contribution in [0.5, 0.6) is 5.75 Å². The summed E-state index contributed by atoms with van der Waals surface area (Å²) in [5, 5.41) is 1.36. The lowest BCUT2D eigenvalue weighted by Crippen LogP contribution is -2.03. The van der Waals surface area contributed by atoms with Crippen LogP contribution in [0.3, 0.4) is 0 Å². The molecule has 0 spiro atoms. The Balaban J connectivity index is 1.75. The van der Waals surface area contributed by atoms with Gasteiger partial charge in [0.15, 0.2) is 0 Å². The van der Waals surface area contributed by atoms with E-state index in [2.05, 4.69) is 6.92 Å². The molecule has 0 bridgehead atoms. The maximum Gasteiger partial charge on any atom is 0.416 e. The fraction of sp³-hybridized carbons (Fsp3) is 0.318. The van der Waals surface area contributed by atoms with Crippen LogP contribution < -0.4 is 4.74 Å². The van der Waals surface area contributed by atoms with Crippen molar-refractivity contribution in [2.24, 2.45) is 0 Å². The molecule has 3 rings (SSSR count). The minimum Gasteiger partial charge on any atom is -0.493 e. The van der Waals surface area contributed by atoms with Gasteiger partial charge in [0.2, 0.25) is 0 Å². The molecule has 0 unspecified atom stereocenters. The van der Waals surface area contributed by atoms with E-state index in [9.17, 15) is 13.2 Å². The van der Waals surface area contributed by atoms with Gasteiger partial charge in [-0.05, 0) is 43.2 Å². The first-order valence-corrected chi connectivity index (χ1v) is 10.6. The predicted molar refractivity (Wildman–Crippen MR) is 112 cm³/mol. The maximum atomic E-state index is 12.8. The summed E-state index contributed by atoms with van der Waals surface area (Å²) in [6.07, 6.45) is -0.746. The molecule has 0 N–H and O–H groups in total. The Hall–Kier alpha value is -2.05. The molecule has 0 amide bonds. The molecule has 0 fully saturated rings. The normalized spacial score (nSPS) is 11.6. The van der Waals surface area contributed by atoms with Crippen LogP contribution in [-0.2, 0) is 19.0 Å². The van der Waals surface area contributed by atoms with Gasteiger partial charge in [-0.1, -0.05) is 43.1 Å². The fourth-order valence-corrected chi connectivity index (χ4v) is 4.14. The van der Waals surface area contributed by atoms with Gasteiger partial charge in [0.05, 0.1) is 17.9 Å². The lowest BCUT2D eigenvalue weighted by Gasteiger charge is -2.06. The number of hydrogen-bond donors (Lipinski definition) is 0. The molecule has 0 saturated carbocycles. The molecule has 0 aliphatic carbocycles. The first-order valence-electron chi connectivity index (χ1n) is 9.41. The maximum absolute atomic E-state index is 12.8. The number of halogens is 4. The van der Waals surface area contributed by atoms with Crippen LogP contribution in [0.15, 0.2) is 48.5 Å². The largest absolute Gasteiger partial charge is 0.493 e. The molecule has 0 aliphatic heterocycles. The average Bonchev–Trinajstić information content (AvgIpc) is 3.09. The summed E-state index contributed by atoms with van der Waals surface area (Å²) in [6, 6.07) is 12.4. The number of rotatable bonds is 8. The van der Waals surface area contributed by atoms with E-state index in [1.54, 1.807) is 12.1 Å². The number of hydrogen-bond acceptors (Lipinski definition) is 3. The van der Waals surface area contributed by atoms with Crippen LogP contribution in [0.25, 0.3) is 10.6 Å². The number of thiazole rings is 1. The topological polar surface area (TPSA) is 22.1 Å². The van der Waals surface area contributed by atoms with Crippen molar-refractivity contribution in [1.29, 1.82) is 0 Å². The lowest BCUT2D eigenvalue weighted by molar-refractivity contribution is -0.137. The molecule has 0 atom stereocenters. The number of ether oxygens (including phenoxy) is 1. The summed E-state index contributed by atoms with van der Waals surface area (Å²) in [5.74, 6) is 0.708. The Labute approximate surface area is 177 Å². The van der Waals surface area contributed by atoms with Gasteiger partial charge in [0.1, 0.15) is 10.8 Å². The van der Waals surface area contributed by atoms with E-state index in [1.807, 2.05) is 12.1 Å². The smallest absolute Gasteiger partial charge is 0.416 e.